The summed E-state index contributed by atoms with van der Waals surface area (Å²) in [4.78, 5) is 28.0. The highest BCUT2D eigenvalue weighted by molar-refractivity contribution is 5.79. The molecule has 0 saturated carbocycles. The lowest BCUT2D eigenvalue weighted by Gasteiger charge is -2.36. The molecule has 0 aromatic heterocycles. The molecule has 3 rings (SSSR count). The number of nitrogens with one attached hydrogen (secondary N) is 1. The summed E-state index contributed by atoms with van der Waals surface area (Å²) < 4.78 is 0. The van der Waals surface area contributed by atoms with E-state index in [9.17, 15) is 14.9 Å². The molecule has 1 amide bonds. The number of anilines is 1. The molecule has 2 heterocycles. The number of para-hydroxylation sites is 2. The van der Waals surface area contributed by atoms with E-state index in [1.807, 2.05) is 11.0 Å². The second-order valence-electron chi connectivity index (χ2n) is 7.92. The van der Waals surface area contributed by atoms with Gasteiger partial charge in [0.1, 0.15) is 5.69 Å². The minimum Gasteiger partial charge on any atom is -0.366 e. The van der Waals surface area contributed by atoms with Crippen LogP contribution < -0.4 is 10.2 Å². The van der Waals surface area contributed by atoms with Gasteiger partial charge in [0.05, 0.1) is 4.92 Å². The predicted octanol–water partition coefficient (Wildman–Crippen LogP) is 2.80. The van der Waals surface area contributed by atoms with Gasteiger partial charge in [-0.1, -0.05) is 12.1 Å². The van der Waals surface area contributed by atoms with Crippen LogP contribution in [0.1, 0.15) is 39.5 Å². The fraction of sp³-hybridized carbons (Fsp3) is 0.650. The maximum atomic E-state index is 12.6. The number of hydrogen-bond acceptors (Lipinski definition) is 5. The number of benzene rings is 1. The Bertz CT molecular complexity index is 663. The molecule has 0 unspecified atom stereocenters. The molecule has 2 aliphatic rings. The Morgan fingerprint density at radius 1 is 1.11 bits per heavy atom. The van der Waals surface area contributed by atoms with E-state index in [0.29, 0.717) is 24.8 Å². The summed E-state index contributed by atoms with van der Waals surface area (Å²) in [7, 11) is 0. The first-order valence-electron chi connectivity index (χ1n) is 9.98. The monoisotopic (exact) mass is 374 g/mol. The number of nitro groups is 1. The van der Waals surface area contributed by atoms with Gasteiger partial charge >= 0.3 is 0 Å². The average molecular weight is 374 g/mol. The lowest BCUT2D eigenvalue weighted by molar-refractivity contribution is -0.384. The van der Waals surface area contributed by atoms with Gasteiger partial charge in [0.25, 0.3) is 5.69 Å². The maximum Gasteiger partial charge on any atom is 0.292 e. The molecule has 2 saturated heterocycles. The zero-order valence-corrected chi connectivity index (χ0v) is 16.3. The van der Waals surface area contributed by atoms with Gasteiger partial charge in [-0.3, -0.25) is 14.9 Å². The van der Waals surface area contributed by atoms with Gasteiger partial charge < -0.3 is 15.1 Å². The molecule has 0 aliphatic carbocycles. The molecule has 7 nitrogen and oxygen atoms in total. The van der Waals surface area contributed by atoms with E-state index in [4.69, 9.17) is 0 Å². The van der Waals surface area contributed by atoms with E-state index in [0.717, 1.165) is 38.8 Å². The number of nitrogens with zero attached hydrogens (tertiary/aromatic N) is 3. The standard InChI is InChI=1S/C20H30N4O3/c1-15(2)22-13-9-17(10-14-22)21-20(25)16-7-11-23(12-8-16)18-5-3-4-6-19(18)24(26)27/h3-6,15-17H,7-14H2,1-2H3,(H,21,25). The number of carbonyl (C=O) groups is 1. The highest BCUT2D eigenvalue weighted by atomic mass is 16.6. The van der Waals surface area contributed by atoms with Crippen molar-refractivity contribution in [3.05, 3.63) is 34.4 Å². The van der Waals surface area contributed by atoms with Crippen LogP contribution in [0.2, 0.25) is 0 Å². The van der Waals surface area contributed by atoms with Crippen molar-refractivity contribution in [1.29, 1.82) is 0 Å². The number of amides is 1. The molecule has 2 fully saturated rings. The summed E-state index contributed by atoms with van der Waals surface area (Å²) in [6.45, 7) is 7.86. The number of piperidine rings is 2. The van der Waals surface area contributed by atoms with Crippen molar-refractivity contribution in [2.24, 2.45) is 5.92 Å². The molecule has 0 bridgehead atoms. The molecule has 0 radical (unpaired) electrons. The van der Waals surface area contributed by atoms with Gasteiger partial charge in [-0.25, -0.2) is 0 Å². The van der Waals surface area contributed by atoms with Crippen LogP contribution in [0.5, 0.6) is 0 Å². The van der Waals surface area contributed by atoms with Crippen molar-refractivity contribution in [1.82, 2.24) is 10.2 Å². The van der Waals surface area contributed by atoms with E-state index in [1.54, 1.807) is 12.1 Å². The third kappa shape index (κ3) is 4.77. The Kier molecular flexibility index (Phi) is 6.31. The van der Waals surface area contributed by atoms with Crippen molar-refractivity contribution < 1.29 is 9.72 Å². The second-order valence-corrected chi connectivity index (χ2v) is 7.92. The molecule has 2 aliphatic heterocycles. The number of nitro benzene ring substituents is 1. The Hall–Kier alpha value is -2.15. The zero-order chi connectivity index (χ0) is 19.4. The van der Waals surface area contributed by atoms with Crippen LogP contribution in [-0.4, -0.2) is 54.0 Å². The number of carbonyl (C=O) groups excluding carboxylic acids is 1. The summed E-state index contributed by atoms with van der Waals surface area (Å²) >= 11 is 0. The Labute approximate surface area is 160 Å². The van der Waals surface area contributed by atoms with Crippen LogP contribution in [0.25, 0.3) is 0 Å². The third-order valence-electron chi connectivity index (χ3n) is 5.89. The summed E-state index contributed by atoms with van der Waals surface area (Å²) in [5.41, 5.74) is 0.791. The normalized spacial score (nSPS) is 20.0. The molecule has 1 aromatic rings. The van der Waals surface area contributed by atoms with Gasteiger partial charge in [-0.05, 0) is 45.6 Å². The SMILES string of the molecule is CC(C)N1CCC(NC(=O)C2CCN(c3ccccc3[N+](=O)[O-])CC2)CC1. The molecule has 27 heavy (non-hydrogen) atoms. The van der Waals surface area contributed by atoms with Gasteiger partial charge in [0.15, 0.2) is 0 Å². The molecule has 148 valence electrons. The largest absolute Gasteiger partial charge is 0.366 e. The molecular formula is C20H30N4O3. The molecule has 1 aromatic carbocycles. The first kappa shape index (κ1) is 19.6. The smallest absolute Gasteiger partial charge is 0.292 e. The van der Waals surface area contributed by atoms with E-state index in [-0.39, 0.29) is 28.5 Å². The van der Waals surface area contributed by atoms with Gasteiger partial charge in [-0.15, -0.1) is 0 Å². The maximum absolute atomic E-state index is 12.6. The van der Waals surface area contributed by atoms with Crippen LogP contribution in [0.4, 0.5) is 11.4 Å². The predicted molar refractivity (Wildman–Crippen MR) is 106 cm³/mol. The molecular weight excluding hydrogens is 344 g/mol. The highest BCUT2D eigenvalue weighted by Crippen LogP contribution is 2.31. The summed E-state index contributed by atoms with van der Waals surface area (Å²) in [5.74, 6) is 0.160. The average Bonchev–Trinajstić information content (AvgIpc) is 2.68. The lowest BCUT2D eigenvalue weighted by Crippen LogP contribution is -2.49. The van der Waals surface area contributed by atoms with Crippen LogP contribution in [0.15, 0.2) is 24.3 Å². The van der Waals surface area contributed by atoms with Crippen molar-refractivity contribution in [2.45, 2.75) is 51.6 Å². The Morgan fingerprint density at radius 3 is 2.33 bits per heavy atom. The van der Waals surface area contributed by atoms with Crippen LogP contribution in [0, 0.1) is 16.0 Å². The minimum absolute atomic E-state index is 0.00662. The van der Waals surface area contributed by atoms with Crippen molar-refractivity contribution in [3.8, 4) is 0 Å². The summed E-state index contributed by atoms with van der Waals surface area (Å²) in [6.07, 6.45) is 3.50. The molecule has 0 atom stereocenters. The van der Waals surface area contributed by atoms with E-state index in [2.05, 4.69) is 24.1 Å². The van der Waals surface area contributed by atoms with Crippen molar-refractivity contribution >= 4 is 17.3 Å². The van der Waals surface area contributed by atoms with Crippen LogP contribution >= 0.6 is 0 Å². The van der Waals surface area contributed by atoms with Crippen molar-refractivity contribution in [3.63, 3.8) is 0 Å². The fourth-order valence-corrected chi connectivity index (χ4v) is 4.15. The highest BCUT2D eigenvalue weighted by Gasteiger charge is 2.30. The molecule has 1 N–H and O–H groups in total. The van der Waals surface area contributed by atoms with Gasteiger partial charge in [0, 0.05) is 50.2 Å². The third-order valence-corrected chi connectivity index (χ3v) is 5.89. The van der Waals surface area contributed by atoms with Crippen LogP contribution in [-0.2, 0) is 4.79 Å². The number of hydrogen-bond donors (Lipinski definition) is 1. The van der Waals surface area contributed by atoms with Crippen molar-refractivity contribution in [2.75, 3.05) is 31.1 Å². The second kappa shape index (κ2) is 8.69. The van der Waals surface area contributed by atoms with Gasteiger partial charge in [-0.2, -0.15) is 0 Å². The number of rotatable bonds is 5. The summed E-state index contributed by atoms with van der Waals surface area (Å²) in [5, 5.41) is 14.5. The first-order chi connectivity index (χ1) is 13.0. The fourth-order valence-electron chi connectivity index (χ4n) is 4.15. The topological polar surface area (TPSA) is 78.7 Å². The van der Waals surface area contributed by atoms with Crippen LogP contribution in [0.3, 0.4) is 0 Å². The van der Waals surface area contributed by atoms with E-state index >= 15 is 0 Å². The first-order valence-corrected chi connectivity index (χ1v) is 9.98. The summed E-state index contributed by atoms with van der Waals surface area (Å²) in [6, 6.07) is 7.68. The molecule has 7 heteroatoms. The lowest BCUT2D eigenvalue weighted by atomic mass is 9.94. The molecule has 0 spiro atoms. The Balaban J connectivity index is 1.49. The Morgan fingerprint density at radius 2 is 1.74 bits per heavy atom. The van der Waals surface area contributed by atoms with E-state index < -0.39 is 0 Å². The quantitative estimate of drug-likeness (QED) is 0.633. The zero-order valence-electron chi connectivity index (χ0n) is 16.3. The number of likely N-dealkylation sites (tertiary alicyclic amines) is 1. The van der Waals surface area contributed by atoms with E-state index in [1.165, 1.54) is 6.07 Å². The minimum atomic E-state index is -0.336. The van der Waals surface area contributed by atoms with Gasteiger partial charge in [0.2, 0.25) is 5.91 Å².